The maximum absolute atomic E-state index is 11.2. The molecule has 90 valence electrons. The second kappa shape index (κ2) is 4.55. The Balaban J connectivity index is 2.15. The molecule has 1 aliphatic rings. The number of hydrogen-bond donors (Lipinski definition) is 0. The average Bonchev–Trinajstić information content (AvgIpc) is 2.69. The van der Waals surface area contributed by atoms with Crippen LogP contribution in [0.1, 0.15) is 31.7 Å². The lowest BCUT2D eigenvalue weighted by atomic mass is 9.92. The lowest BCUT2D eigenvalue weighted by Gasteiger charge is -2.31. The second-order valence-electron chi connectivity index (χ2n) is 4.20. The molecular formula is C10H16N2O3S. The Hall–Kier alpha value is -0.880. The first-order valence-electron chi connectivity index (χ1n) is 5.42. The molecule has 1 fully saturated rings. The molecule has 5 nitrogen and oxygen atoms in total. The number of rotatable bonds is 3. The Labute approximate surface area is 95.6 Å². The molecule has 1 aromatic rings. The van der Waals surface area contributed by atoms with Crippen LogP contribution in [0.25, 0.3) is 0 Å². The summed E-state index contributed by atoms with van der Waals surface area (Å²) in [5.41, 5.74) is 0. The summed E-state index contributed by atoms with van der Waals surface area (Å²) in [5, 5.41) is 0. The van der Waals surface area contributed by atoms with Crippen molar-refractivity contribution >= 4 is 10.1 Å². The van der Waals surface area contributed by atoms with Crippen molar-refractivity contribution in [3.8, 4) is 0 Å². The zero-order chi connectivity index (χ0) is 11.6. The maximum atomic E-state index is 11.2. The largest absolute Gasteiger partial charge is 0.332 e. The second-order valence-corrected chi connectivity index (χ2v) is 5.80. The molecule has 6 heteroatoms. The van der Waals surface area contributed by atoms with Crippen molar-refractivity contribution in [2.24, 2.45) is 0 Å². The summed E-state index contributed by atoms with van der Waals surface area (Å²) >= 11 is 0. The molecule has 0 amide bonds. The topological polar surface area (TPSA) is 61.2 Å². The molecule has 1 saturated carbocycles. The van der Waals surface area contributed by atoms with E-state index in [-0.39, 0.29) is 12.1 Å². The first-order valence-corrected chi connectivity index (χ1v) is 7.23. The van der Waals surface area contributed by atoms with Crippen LogP contribution in [0.2, 0.25) is 0 Å². The minimum atomic E-state index is -3.38. The SMILES string of the molecule is CS(=O)(=O)O[C@H]1CCCC[C@@H]1n1ccnc1. The molecule has 1 aliphatic carbocycles. The van der Waals surface area contributed by atoms with Crippen LogP contribution < -0.4 is 0 Å². The van der Waals surface area contributed by atoms with E-state index in [2.05, 4.69) is 4.98 Å². The molecule has 1 heterocycles. The Morgan fingerprint density at radius 2 is 2.12 bits per heavy atom. The van der Waals surface area contributed by atoms with Gasteiger partial charge in [-0.15, -0.1) is 0 Å². The van der Waals surface area contributed by atoms with Crippen molar-refractivity contribution in [3.63, 3.8) is 0 Å². The van der Waals surface area contributed by atoms with E-state index < -0.39 is 10.1 Å². The van der Waals surface area contributed by atoms with Gasteiger partial charge in [0.25, 0.3) is 10.1 Å². The third-order valence-corrected chi connectivity index (χ3v) is 3.47. The molecule has 0 radical (unpaired) electrons. The van der Waals surface area contributed by atoms with E-state index in [1.54, 1.807) is 12.5 Å². The van der Waals surface area contributed by atoms with Crippen molar-refractivity contribution in [2.75, 3.05) is 6.26 Å². The first-order chi connectivity index (χ1) is 7.56. The predicted octanol–water partition coefficient (Wildman–Crippen LogP) is 1.34. The van der Waals surface area contributed by atoms with Crippen molar-refractivity contribution < 1.29 is 12.6 Å². The zero-order valence-corrected chi connectivity index (χ0v) is 10.1. The molecule has 2 rings (SSSR count). The fourth-order valence-electron chi connectivity index (χ4n) is 2.22. The summed E-state index contributed by atoms with van der Waals surface area (Å²) in [6.07, 6.45) is 9.98. The van der Waals surface area contributed by atoms with Gasteiger partial charge in [0.15, 0.2) is 0 Å². The summed E-state index contributed by atoms with van der Waals surface area (Å²) in [6, 6.07) is 0.0889. The Morgan fingerprint density at radius 3 is 2.75 bits per heavy atom. The van der Waals surface area contributed by atoms with Crippen LogP contribution >= 0.6 is 0 Å². The van der Waals surface area contributed by atoms with E-state index in [0.717, 1.165) is 31.9 Å². The highest BCUT2D eigenvalue weighted by Crippen LogP contribution is 2.31. The van der Waals surface area contributed by atoms with Crippen molar-refractivity contribution in [1.82, 2.24) is 9.55 Å². The lowest BCUT2D eigenvalue weighted by Crippen LogP contribution is -2.31. The van der Waals surface area contributed by atoms with Gasteiger partial charge in [0.1, 0.15) is 0 Å². The minimum absolute atomic E-state index is 0.0889. The van der Waals surface area contributed by atoms with Crippen molar-refractivity contribution in [3.05, 3.63) is 18.7 Å². The van der Waals surface area contributed by atoms with Gasteiger partial charge in [-0.2, -0.15) is 8.42 Å². The predicted molar refractivity (Wildman–Crippen MR) is 59.4 cm³/mol. The number of aromatic nitrogens is 2. The summed E-state index contributed by atoms with van der Waals surface area (Å²) in [5.74, 6) is 0. The fourth-order valence-corrected chi connectivity index (χ4v) is 2.89. The van der Waals surface area contributed by atoms with Crippen molar-refractivity contribution in [1.29, 1.82) is 0 Å². The van der Waals surface area contributed by atoms with Crippen LogP contribution in [0.3, 0.4) is 0 Å². The summed E-state index contributed by atoms with van der Waals surface area (Å²) < 4.78 is 29.4. The van der Waals surface area contributed by atoms with E-state index in [1.807, 2.05) is 10.8 Å². The van der Waals surface area contributed by atoms with Gasteiger partial charge in [0, 0.05) is 12.4 Å². The molecule has 0 aromatic carbocycles. The van der Waals surface area contributed by atoms with Gasteiger partial charge in [0.2, 0.25) is 0 Å². The highest BCUT2D eigenvalue weighted by atomic mass is 32.2. The van der Waals surface area contributed by atoms with Crippen LogP contribution in [-0.4, -0.2) is 30.3 Å². The van der Waals surface area contributed by atoms with Crippen LogP contribution in [0.5, 0.6) is 0 Å². The molecular weight excluding hydrogens is 228 g/mol. The van der Waals surface area contributed by atoms with E-state index in [4.69, 9.17) is 4.18 Å². The lowest BCUT2D eigenvalue weighted by molar-refractivity contribution is 0.105. The molecule has 0 saturated heterocycles. The fraction of sp³-hybridized carbons (Fsp3) is 0.700. The van der Waals surface area contributed by atoms with Crippen LogP contribution in [0.4, 0.5) is 0 Å². The molecule has 0 bridgehead atoms. The number of imidazole rings is 1. The van der Waals surface area contributed by atoms with Gasteiger partial charge in [-0.3, -0.25) is 4.18 Å². The standard InChI is InChI=1S/C10H16N2O3S/c1-16(13,14)15-10-5-3-2-4-9(10)12-7-6-11-8-12/h6-10H,2-5H2,1H3/t9-,10-/m0/s1. The van der Waals surface area contributed by atoms with Crippen molar-refractivity contribution in [2.45, 2.75) is 37.8 Å². The van der Waals surface area contributed by atoms with E-state index in [1.165, 1.54) is 0 Å². The van der Waals surface area contributed by atoms with E-state index >= 15 is 0 Å². The minimum Gasteiger partial charge on any atom is -0.332 e. The van der Waals surface area contributed by atoms with E-state index in [0.29, 0.717) is 0 Å². The summed E-state index contributed by atoms with van der Waals surface area (Å²) in [7, 11) is -3.38. The Kier molecular flexibility index (Phi) is 3.30. The first kappa shape index (κ1) is 11.6. The monoisotopic (exact) mass is 244 g/mol. The summed E-state index contributed by atoms with van der Waals surface area (Å²) in [4.78, 5) is 3.99. The average molecular weight is 244 g/mol. The molecule has 0 unspecified atom stereocenters. The molecule has 1 aromatic heterocycles. The highest BCUT2D eigenvalue weighted by Gasteiger charge is 2.29. The maximum Gasteiger partial charge on any atom is 0.264 e. The zero-order valence-electron chi connectivity index (χ0n) is 9.24. The van der Waals surface area contributed by atoms with Crippen LogP contribution in [0, 0.1) is 0 Å². The van der Waals surface area contributed by atoms with Gasteiger partial charge in [-0.25, -0.2) is 4.98 Å². The smallest absolute Gasteiger partial charge is 0.264 e. The molecule has 0 N–H and O–H groups in total. The van der Waals surface area contributed by atoms with Gasteiger partial charge in [-0.05, 0) is 12.8 Å². The van der Waals surface area contributed by atoms with Gasteiger partial charge in [0.05, 0.1) is 24.7 Å². The van der Waals surface area contributed by atoms with Gasteiger partial charge in [-0.1, -0.05) is 12.8 Å². The van der Waals surface area contributed by atoms with Crippen LogP contribution in [0.15, 0.2) is 18.7 Å². The normalized spacial score (nSPS) is 26.8. The number of nitrogens with zero attached hydrogens (tertiary/aromatic N) is 2. The van der Waals surface area contributed by atoms with Gasteiger partial charge >= 0.3 is 0 Å². The van der Waals surface area contributed by atoms with Crippen LogP contribution in [-0.2, 0) is 14.3 Å². The molecule has 0 spiro atoms. The third-order valence-electron chi connectivity index (χ3n) is 2.87. The Morgan fingerprint density at radius 1 is 1.38 bits per heavy atom. The molecule has 16 heavy (non-hydrogen) atoms. The molecule has 2 atom stereocenters. The van der Waals surface area contributed by atoms with Gasteiger partial charge < -0.3 is 4.57 Å². The summed E-state index contributed by atoms with van der Waals surface area (Å²) in [6.45, 7) is 0. The highest BCUT2D eigenvalue weighted by molar-refractivity contribution is 7.86. The quantitative estimate of drug-likeness (QED) is 0.753. The number of hydrogen-bond acceptors (Lipinski definition) is 4. The molecule has 0 aliphatic heterocycles. The Bertz CT molecular complexity index is 427. The third kappa shape index (κ3) is 2.82. The van der Waals surface area contributed by atoms with E-state index in [9.17, 15) is 8.42 Å².